The Morgan fingerprint density at radius 1 is 1.06 bits per heavy atom. The molecule has 2 N–H and O–H groups in total. The molecule has 158 valence electrons. The van der Waals surface area contributed by atoms with Gasteiger partial charge >= 0.3 is 0 Å². The van der Waals surface area contributed by atoms with Gasteiger partial charge in [-0.05, 0) is 69.4 Å². The molecule has 0 bridgehead atoms. The number of hydrogen-bond acceptors (Lipinski definition) is 4. The molecule has 1 aliphatic rings. The van der Waals surface area contributed by atoms with Crippen molar-refractivity contribution in [3.8, 4) is 11.4 Å². The maximum atomic E-state index is 12.6. The first kappa shape index (κ1) is 20.8. The molecule has 3 aromatic rings. The van der Waals surface area contributed by atoms with E-state index >= 15 is 0 Å². The molecule has 0 spiro atoms. The van der Waals surface area contributed by atoms with Crippen molar-refractivity contribution < 1.29 is 4.79 Å². The molecule has 1 amide bonds. The summed E-state index contributed by atoms with van der Waals surface area (Å²) in [6.07, 6.45) is 9.89. The molecule has 0 saturated carbocycles. The van der Waals surface area contributed by atoms with Crippen LogP contribution in [-0.2, 0) is 0 Å². The standard InChI is InChI=1S/C26H28N4O/c1-19-7-5-10-21(17-19)25-27-16-14-24(30-25)29-23-12-6-11-22(18-23)26(31)28-15-13-20-8-3-2-4-9-20/h5-8,10-12,14,16-18H,2-4,9,13,15H2,1H3,(H,28,31)(H,27,29,30). The van der Waals surface area contributed by atoms with E-state index < -0.39 is 0 Å². The summed E-state index contributed by atoms with van der Waals surface area (Å²) in [6.45, 7) is 2.72. The first-order valence-corrected chi connectivity index (χ1v) is 10.9. The van der Waals surface area contributed by atoms with Crippen molar-refractivity contribution in [1.29, 1.82) is 0 Å². The molecule has 0 radical (unpaired) electrons. The summed E-state index contributed by atoms with van der Waals surface area (Å²) in [5.74, 6) is 1.30. The Morgan fingerprint density at radius 2 is 1.97 bits per heavy atom. The van der Waals surface area contributed by atoms with Crippen LogP contribution in [0.2, 0.25) is 0 Å². The van der Waals surface area contributed by atoms with Crippen LogP contribution < -0.4 is 10.6 Å². The van der Waals surface area contributed by atoms with E-state index in [1.54, 1.807) is 6.20 Å². The molecule has 2 aromatic carbocycles. The fourth-order valence-corrected chi connectivity index (χ4v) is 3.81. The van der Waals surface area contributed by atoms with Crippen LogP contribution in [0.25, 0.3) is 11.4 Å². The largest absolute Gasteiger partial charge is 0.352 e. The molecule has 0 fully saturated rings. The monoisotopic (exact) mass is 412 g/mol. The Balaban J connectivity index is 1.40. The number of aryl methyl sites for hydroxylation is 1. The Labute approximate surface area is 183 Å². The number of nitrogens with zero attached hydrogens (tertiary/aromatic N) is 2. The lowest BCUT2D eigenvalue weighted by Crippen LogP contribution is -2.24. The highest BCUT2D eigenvalue weighted by atomic mass is 16.1. The topological polar surface area (TPSA) is 66.9 Å². The minimum absolute atomic E-state index is 0.0526. The lowest BCUT2D eigenvalue weighted by atomic mass is 9.97. The van der Waals surface area contributed by atoms with E-state index in [1.807, 2.05) is 55.5 Å². The van der Waals surface area contributed by atoms with Crippen LogP contribution >= 0.6 is 0 Å². The van der Waals surface area contributed by atoms with Crippen molar-refractivity contribution in [2.75, 3.05) is 11.9 Å². The van der Waals surface area contributed by atoms with Gasteiger partial charge in [0.25, 0.3) is 5.91 Å². The number of benzene rings is 2. The van der Waals surface area contributed by atoms with E-state index in [9.17, 15) is 4.79 Å². The fraction of sp³-hybridized carbons (Fsp3) is 0.269. The van der Waals surface area contributed by atoms with Gasteiger partial charge in [-0.25, -0.2) is 9.97 Å². The van der Waals surface area contributed by atoms with Crippen LogP contribution in [0.15, 0.2) is 72.4 Å². The van der Waals surface area contributed by atoms with E-state index in [0.29, 0.717) is 23.8 Å². The number of carbonyl (C=O) groups excluding carboxylic acids is 1. The van der Waals surface area contributed by atoms with Gasteiger partial charge in [-0.3, -0.25) is 4.79 Å². The van der Waals surface area contributed by atoms with Crippen molar-refractivity contribution in [1.82, 2.24) is 15.3 Å². The highest BCUT2D eigenvalue weighted by Gasteiger charge is 2.09. The number of allylic oxidation sites excluding steroid dienone is 1. The predicted octanol–water partition coefficient (Wildman–Crippen LogP) is 5.82. The Kier molecular flexibility index (Phi) is 6.72. The molecular weight excluding hydrogens is 384 g/mol. The van der Waals surface area contributed by atoms with Crippen LogP contribution in [0.3, 0.4) is 0 Å². The Bertz CT molecular complexity index is 1090. The summed E-state index contributed by atoms with van der Waals surface area (Å²) >= 11 is 0. The van der Waals surface area contributed by atoms with Crippen LogP contribution in [0.5, 0.6) is 0 Å². The molecule has 4 rings (SSSR count). The lowest BCUT2D eigenvalue weighted by molar-refractivity contribution is 0.0954. The second-order valence-electron chi connectivity index (χ2n) is 7.95. The molecule has 0 unspecified atom stereocenters. The number of nitrogens with one attached hydrogen (secondary N) is 2. The van der Waals surface area contributed by atoms with Gasteiger partial charge in [-0.2, -0.15) is 0 Å². The molecule has 1 aromatic heterocycles. The van der Waals surface area contributed by atoms with Gasteiger partial charge in [0.05, 0.1) is 0 Å². The number of hydrogen-bond donors (Lipinski definition) is 2. The molecule has 0 atom stereocenters. The van der Waals surface area contributed by atoms with Gasteiger partial charge in [-0.15, -0.1) is 0 Å². The van der Waals surface area contributed by atoms with Crippen LogP contribution in [-0.4, -0.2) is 22.4 Å². The molecule has 1 aliphatic carbocycles. The molecule has 0 aliphatic heterocycles. The zero-order valence-electron chi connectivity index (χ0n) is 17.9. The van der Waals surface area contributed by atoms with E-state index in [1.165, 1.54) is 31.3 Å². The molecule has 5 nitrogen and oxygen atoms in total. The van der Waals surface area contributed by atoms with E-state index in [-0.39, 0.29) is 5.91 Å². The Morgan fingerprint density at radius 3 is 2.81 bits per heavy atom. The van der Waals surface area contributed by atoms with Crippen LogP contribution in [0.4, 0.5) is 11.5 Å². The van der Waals surface area contributed by atoms with E-state index in [0.717, 1.165) is 23.2 Å². The molecular formula is C26H28N4O. The summed E-state index contributed by atoms with van der Waals surface area (Å²) in [5, 5.41) is 6.33. The summed E-state index contributed by atoms with van der Waals surface area (Å²) in [7, 11) is 0. The quantitative estimate of drug-likeness (QED) is 0.480. The van der Waals surface area contributed by atoms with Crippen molar-refractivity contribution in [3.63, 3.8) is 0 Å². The van der Waals surface area contributed by atoms with Gasteiger partial charge in [-0.1, -0.05) is 41.5 Å². The zero-order chi connectivity index (χ0) is 21.5. The SMILES string of the molecule is Cc1cccc(-c2nccc(Nc3cccc(C(=O)NCCC4=CCCCC4)c3)n2)c1. The molecule has 5 heteroatoms. The third-order valence-electron chi connectivity index (χ3n) is 5.45. The predicted molar refractivity (Wildman–Crippen MR) is 125 cm³/mol. The first-order valence-electron chi connectivity index (χ1n) is 10.9. The average molecular weight is 413 g/mol. The highest BCUT2D eigenvalue weighted by Crippen LogP contribution is 2.21. The number of anilines is 2. The second kappa shape index (κ2) is 10.0. The summed E-state index contributed by atoms with van der Waals surface area (Å²) in [5.41, 5.74) is 5.06. The van der Waals surface area contributed by atoms with E-state index in [2.05, 4.69) is 32.7 Å². The minimum atomic E-state index is -0.0526. The number of carbonyl (C=O) groups is 1. The van der Waals surface area contributed by atoms with Gasteiger partial charge < -0.3 is 10.6 Å². The average Bonchev–Trinajstić information content (AvgIpc) is 2.80. The second-order valence-corrected chi connectivity index (χ2v) is 7.95. The smallest absolute Gasteiger partial charge is 0.251 e. The number of rotatable bonds is 7. The van der Waals surface area contributed by atoms with Gasteiger partial charge in [0.15, 0.2) is 5.82 Å². The molecule has 31 heavy (non-hydrogen) atoms. The summed E-state index contributed by atoms with van der Waals surface area (Å²) in [6, 6.07) is 17.4. The Hall–Kier alpha value is -3.47. The first-order chi connectivity index (χ1) is 15.2. The molecule has 1 heterocycles. The number of amides is 1. The van der Waals surface area contributed by atoms with E-state index in [4.69, 9.17) is 0 Å². The minimum Gasteiger partial charge on any atom is -0.352 e. The van der Waals surface area contributed by atoms with Gasteiger partial charge in [0.2, 0.25) is 0 Å². The van der Waals surface area contributed by atoms with Gasteiger partial charge in [0, 0.05) is 29.6 Å². The summed E-state index contributed by atoms with van der Waals surface area (Å²) < 4.78 is 0. The van der Waals surface area contributed by atoms with Crippen molar-refractivity contribution >= 4 is 17.4 Å². The summed E-state index contributed by atoms with van der Waals surface area (Å²) in [4.78, 5) is 21.6. The van der Waals surface area contributed by atoms with Gasteiger partial charge in [0.1, 0.15) is 5.82 Å². The van der Waals surface area contributed by atoms with Crippen LogP contribution in [0.1, 0.15) is 48.0 Å². The van der Waals surface area contributed by atoms with Crippen molar-refractivity contribution in [3.05, 3.63) is 83.6 Å². The third kappa shape index (κ3) is 5.79. The van der Waals surface area contributed by atoms with Crippen molar-refractivity contribution in [2.45, 2.75) is 39.0 Å². The fourth-order valence-electron chi connectivity index (χ4n) is 3.81. The third-order valence-corrected chi connectivity index (χ3v) is 5.45. The van der Waals surface area contributed by atoms with Crippen molar-refractivity contribution in [2.24, 2.45) is 0 Å². The zero-order valence-corrected chi connectivity index (χ0v) is 17.9. The lowest BCUT2D eigenvalue weighted by Gasteiger charge is -2.13. The number of aromatic nitrogens is 2. The highest BCUT2D eigenvalue weighted by molar-refractivity contribution is 5.95. The maximum absolute atomic E-state index is 12.6. The maximum Gasteiger partial charge on any atom is 0.251 e. The normalized spacial score (nSPS) is 13.4. The molecule has 0 saturated heterocycles. The van der Waals surface area contributed by atoms with Crippen LogP contribution in [0, 0.1) is 6.92 Å².